The van der Waals surface area contributed by atoms with Gasteiger partial charge < -0.3 is 0 Å². The van der Waals surface area contributed by atoms with Gasteiger partial charge in [0.1, 0.15) is 0 Å². The van der Waals surface area contributed by atoms with Crippen molar-refractivity contribution < 1.29 is 8.42 Å². The molecule has 86 valence electrons. The topological polar surface area (TPSA) is 40.6 Å². The second-order valence-corrected chi connectivity index (χ2v) is 6.68. The van der Waals surface area contributed by atoms with Crippen molar-refractivity contribution in [2.45, 2.75) is 13.0 Å². The molecule has 0 amide bonds. The van der Waals surface area contributed by atoms with Crippen LogP contribution in [-0.4, -0.2) is 38.2 Å². The van der Waals surface area contributed by atoms with Crippen LogP contribution in [0.2, 0.25) is 0 Å². The molecule has 0 aliphatic carbocycles. The van der Waals surface area contributed by atoms with Crippen molar-refractivity contribution in [3.05, 3.63) is 22.4 Å². The van der Waals surface area contributed by atoms with Gasteiger partial charge in [0.05, 0.1) is 6.04 Å². The summed E-state index contributed by atoms with van der Waals surface area (Å²) in [6.45, 7) is 1.88. The Morgan fingerprint density at radius 1 is 1.33 bits per heavy atom. The third kappa shape index (κ3) is 2.57. The number of thiophene rings is 1. The highest BCUT2D eigenvalue weighted by molar-refractivity contribution is 7.86. The predicted molar refractivity (Wildman–Crippen MR) is 63.1 cm³/mol. The number of hydrogen-bond donors (Lipinski definition) is 0. The minimum Gasteiger partial charge on any atom is -0.195 e. The van der Waals surface area contributed by atoms with E-state index in [4.69, 9.17) is 0 Å². The van der Waals surface area contributed by atoms with Crippen molar-refractivity contribution in [1.29, 1.82) is 0 Å². The summed E-state index contributed by atoms with van der Waals surface area (Å²) in [6, 6.07) is 3.74. The summed E-state index contributed by atoms with van der Waals surface area (Å²) in [5.74, 6) is 0. The summed E-state index contributed by atoms with van der Waals surface area (Å²) in [5.41, 5.74) is 0. The molecule has 0 unspecified atom stereocenters. The van der Waals surface area contributed by atoms with Crippen LogP contribution in [-0.2, 0) is 10.2 Å². The van der Waals surface area contributed by atoms with Gasteiger partial charge in [-0.3, -0.25) is 0 Å². The number of nitrogens with zero attached hydrogens (tertiary/aromatic N) is 2. The number of hydrogen-bond acceptors (Lipinski definition) is 3. The zero-order valence-electron chi connectivity index (χ0n) is 9.34. The van der Waals surface area contributed by atoms with E-state index in [0.29, 0.717) is 0 Å². The Morgan fingerprint density at radius 2 is 1.93 bits per heavy atom. The summed E-state index contributed by atoms with van der Waals surface area (Å²) in [7, 11) is 1.34. The second kappa shape index (κ2) is 4.61. The SMILES string of the molecule is C[C@@H](c1cccs1)N(C)S(=O)(=O)N(C)C. The van der Waals surface area contributed by atoms with E-state index in [9.17, 15) is 8.42 Å². The monoisotopic (exact) mass is 248 g/mol. The van der Waals surface area contributed by atoms with Crippen molar-refractivity contribution in [1.82, 2.24) is 8.61 Å². The van der Waals surface area contributed by atoms with E-state index in [2.05, 4.69) is 0 Å². The predicted octanol–water partition coefficient (Wildman–Crippen LogP) is 1.55. The van der Waals surface area contributed by atoms with Gasteiger partial charge >= 0.3 is 0 Å². The van der Waals surface area contributed by atoms with Crippen LogP contribution in [0.25, 0.3) is 0 Å². The molecule has 0 aliphatic heterocycles. The zero-order chi connectivity index (χ0) is 11.6. The van der Waals surface area contributed by atoms with E-state index in [0.717, 1.165) is 4.88 Å². The van der Waals surface area contributed by atoms with Gasteiger partial charge in [-0.1, -0.05) is 6.07 Å². The van der Waals surface area contributed by atoms with Gasteiger partial charge in [0.2, 0.25) is 0 Å². The van der Waals surface area contributed by atoms with Crippen molar-refractivity contribution in [3.8, 4) is 0 Å². The molecule has 6 heteroatoms. The van der Waals surface area contributed by atoms with Gasteiger partial charge in [0, 0.05) is 26.0 Å². The Hall–Kier alpha value is -0.430. The normalized spacial score (nSPS) is 14.8. The van der Waals surface area contributed by atoms with Crippen LogP contribution < -0.4 is 0 Å². The van der Waals surface area contributed by atoms with Gasteiger partial charge in [-0.2, -0.15) is 17.0 Å². The molecule has 0 fully saturated rings. The molecule has 0 bridgehead atoms. The van der Waals surface area contributed by atoms with Crippen LogP contribution in [0.3, 0.4) is 0 Å². The maximum Gasteiger partial charge on any atom is 0.281 e. The molecule has 1 aromatic rings. The maximum absolute atomic E-state index is 11.8. The lowest BCUT2D eigenvalue weighted by molar-refractivity contribution is 0.368. The lowest BCUT2D eigenvalue weighted by atomic mass is 10.3. The summed E-state index contributed by atoms with van der Waals surface area (Å²) < 4.78 is 26.2. The molecule has 1 heterocycles. The third-order valence-electron chi connectivity index (χ3n) is 2.33. The fourth-order valence-electron chi connectivity index (χ4n) is 1.17. The van der Waals surface area contributed by atoms with Crippen LogP contribution in [0.4, 0.5) is 0 Å². The summed E-state index contributed by atoms with van der Waals surface area (Å²) in [4.78, 5) is 1.04. The third-order valence-corrected chi connectivity index (χ3v) is 5.34. The smallest absolute Gasteiger partial charge is 0.195 e. The average Bonchev–Trinajstić information content (AvgIpc) is 2.67. The van der Waals surface area contributed by atoms with Gasteiger partial charge in [0.15, 0.2) is 0 Å². The average molecular weight is 248 g/mol. The van der Waals surface area contributed by atoms with Crippen LogP contribution in [0, 0.1) is 0 Å². The molecule has 1 atom stereocenters. The van der Waals surface area contributed by atoms with Crippen LogP contribution in [0.5, 0.6) is 0 Å². The molecule has 4 nitrogen and oxygen atoms in total. The second-order valence-electron chi connectivity index (χ2n) is 3.50. The van der Waals surface area contributed by atoms with Gasteiger partial charge in [-0.25, -0.2) is 0 Å². The first-order chi connectivity index (χ1) is 6.87. The molecule has 0 aromatic carbocycles. The standard InChI is InChI=1S/C9H16N2O2S2/c1-8(9-6-5-7-14-9)11(4)15(12,13)10(2)3/h5-8H,1-4H3/t8-/m0/s1. The van der Waals surface area contributed by atoms with E-state index in [1.54, 1.807) is 18.4 Å². The van der Waals surface area contributed by atoms with Crippen molar-refractivity contribution in [2.75, 3.05) is 21.1 Å². The van der Waals surface area contributed by atoms with Gasteiger partial charge in [-0.05, 0) is 18.4 Å². The summed E-state index contributed by atoms with van der Waals surface area (Å²) >= 11 is 1.56. The fourth-order valence-corrected chi connectivity index (χ4v) is 3.09. The lowest BCUT2D eigenvalue weighted by Crippen LogP contribution is -2.38. The molecule has 0 spiro atoms. The van der Waals surface area contributed by atoms with Crippen molar-refractivity contribution >= 4 is 21.5 Å². The van der Waals surface area contributed by atoms with Crippen molar-refractivity contribution in [2.24, 2.45) is 0 Å². The lowest BCUT2D eigenvalue weighted by Gasteiger charge is -2.26. The van der Waals surface area contributed by atoms with Gasteiger partial charge in [-0.15, -0.1) is 11.3 Å². The highest BCUT2D eigenvalue weighted by atomic mass is 32.2. The highest BCUT2D eigenvalue weighted by Crippen LogP contribution is 2.25. The first kappa shape index (κ1) is 12.6. The Labute approximate surface area is 95.3 Å². The van der Waals surface area contributed by atoms with E-state index < -0.39 is 10.2 Å². The molecule has 0 saturated carbocycles. The van der Waals surface area contributed by atoms with E-state index in [1.165, 1.54) is 22.7 Å². The Bertz CT molecular complexity index is 398. The van der Waals surface area contributed by atoms with E-state index in [1.807, 2.05) is 24.4 Å². The highest BCUT2D eigenvalue weighted by Gasteiger charge is 2.26. The van der Waals surface area contributed by atoms with Gasteiger partial charge in [0.25, 0.3) is 10.2 Å². The van der Waals surface area contributed by atoms with Crippen LogP contribution in [0.15, 0.2) is 17.5 Å². The quantitative estimate of drug-likeness (QED) is 0.811. The molecule has 0 aliphatic rings. The molecule has 1 aromatic heterocycles. The van der Waals surface area contributed by atoms with Crippen molar-refractivity contribution in [3.63, 3.8) is 0 Å². The van der Waals surface area contributed by atoms with Crippen LogP contribution >= 0.6 is 11.3 Å². The molecule has 0 N–H and O–H groups in total. The molecular weight excluding hydrogens is 232 g/mol. The summed E-state index contributed by atoms with van der Waals surface area (Å²) in [6.07, 6.45) is 0. The molecule has 15 heavy (non-hydrogen) atoms. The Kier molecular flexibility index (Phi) is 3.88. The molecule has 1 rings (SSSR count). The summed E-state index contributed by atoms with van der Waals surface area (Å²) in [5, 5.41) is 1.95. The molecule has 0 saturated heterocycles. The zero-order valence-corrected chi connectivity index (χ0v) is 11.0. The Balaban J connectivity index is 2.91. The maximum atomic E-state index is 11.8. The largest absolute Gasteiger partial charge is 0.281 e. The minimum atomic E-state index is -3.33. The minimum absolute atomic E-state index is 0.127. The first-order valence-electron chi connectivity index (χ1n) is 4.56. The first-order valence-corrected chi connectivity index (χ1v) is 6.84. The van der Waals surface area contributed by atoms with E-state index >= 15 is 0 Å². The Morgan fingerprint density at radius 3 is 2.33 bits per heavy atom. The van der Waals surface area contributed by atoms with E-state index in [-0.39, 0.29) is 6.04 Å². The number of rotatable bonds is 4. The fraction of sp³-hybridized carbons (Fsp3) is 0.556. The molecule has 0 radical (unpaired) electrons. The van der Waals surface area contributed by atoms with Crippen LogP contribution in [0.1, 0.15) is 17.8 Å². The molecular formula is C9H16N2O2S2.